The van der Waals surface area contributed by atoms with Crippen LogP contribution in [0.15, 0.2) is 24.5 Å². The Morgan fingerprint density at radius 1 is 1.58 bits per heavy atom. The van der Waals surface area contributed by atoms with Gasteiger partial charge in [-0.2, -0.15) is 0 Å². The highest BCUT2D eigenvalue weighted by molar-refractivity contribution is 5.75. The van der Waals surface area contributed by atoms with E-state index in [9.17, 15) is 0 Å². The molecule has 0 aromatic carbocycles. The van der Waals surface area contributed by atoms with Crippen molar-refractivity contribution in [1.29, 1.82) is 0 Å². The third kappa shape index (κ3) is 1.08. The van der Waals surface area contributed by atoms with Gasteiger partial charge in [0, 0.05) is 23.8 Å². The van der Waals surface area contributed by atoms with Gasteiger partial charge in [-0.15, -0.1) is 0 Å². The fraction of sp³-hybridized carbons (Fsp3) is 0.222. The molecule has 0 spiro atoms. The minimum absolute atomic E-state index is 0.0526. The maximum Gasteiger partial charge on any atom is 0.137 e. The van der Waals surface area contributed by atoms with Gasteiger partial charge in [0.1, 0.15) is 5.65 Å². The normalized spacial score (nSPS) is 13.5. The first-order valence-corrected chi connectivity index (χ1v) is 3.96. The van der Waals surface area contributed by atoms with Crippen LogP contribution in [-0.4, -0.2) is 9.97 Å². The Morgan fingerprint density at radius 2 is 2.42 bits per heavy atom. The lowest BCUT2D eigenvalue weighted by atomic mass is 10.1. The van der Waals surface area contributed by atoms with Gasteiger partial charge in [-0.1, -0.05) is 0 Å². The first kappa shape index (κ1) is 7.31. The molecule has 3 nitrogen and oxygen atoms in total. The van der Waals surface area contributed by atoms with E-state index in [1.54, 1.807) is 0 Å². The zero-order valence-electron chi connectivity index (χ0n) is 6.91. The van der Waals surface area contributed by atoms with Crippen molar-refractivity contribution in [2.24, 2.45) is 5.73 Å². The molecule has 0 amide bonds. The molecule has 2 aromatic rings. The Hall–Kier alpha value is -1.35. The van der Waals surface area contributed by atoms with E-state index in [4.69, 9.17) is 5.73 Å². The van der Waals surface area contributed by atoms with Crippen molar-refractivity contribution < 1.29 is 0 Å². The second kappa shape index (κ2) is 2.60. The minimum Gasteiger partial charge on any atom is -0.346 e. The summed E-state index contributed by atoms with van der Waals surface area (Å²) < 4.78 is 0. The lowest BCUT2D eigenvalue weighted by Crippen LogP contribution is -2.04. The van der Waals surface area contributed by atoms with E-state index >= 15 is 0 Å². The molecule has 0 aliphatic heterocycles. The maximum atomic E-state index is 5.72. The van der Waals surface area contributed by atoms with Gasteiger partial charge < -0.3 is 10.7 Å². The largest absolute Gasteiger partial charge is 0.346 e. The van der Waals surface area contributed by atoms with Crippen LogP contribution in [0.4, 0.5) is 0 Å². The third-order valence-corrected chi connectivity index (χ3v) is 1.95. The molecule has 2 heterocycles. The Labute approximate surface area is 70.6 Å². The third-order valence-electron chi connectivity index (χ3n) is 1.95. The molecule has 1 atom stereocenters. The van der Waals surface area contributed by atoms with Crippen LogP contribution in [0.2, 0.25) is 0 Å². The smallest absolute Gasteiger partial charge is 0.137 e. The highest BCUT2D eigenvalue weighted by atomic mass is 14.8. The molecule has 0 saturated heterocycles. The van der Waals surface area contributed by atoms with Crippen molar-refractivity contribution in [1.82, 2.24) is 9.97 Å². The predicted octanol–water partition coefficient (Wildman–Crippen LogP) is 1.58. The van der Waals surface area contributed by atoms with Gasteiger partial charge in [-0.3, -0.25) is 0 Å². The Morgan fingerprint density at radius 3 is 3.17 bits per heavy atom. The van der Waals surface area contributed by atoms with Crippen molar-refractivity contribution in [3.63, 3.8) is 0 Å². The van der Waals surface area contributed by atoms with Gasteiger partial charge in [0.25, 0.3) is 0 Å². The number of nitrogens with two attached hydrogens (primary N) is 1. The SMILES string of the molecule is C[C@H](N)c1cnc2[nH]ccc2c1. The molecular weight excluding hydrogens is 150 g/mol. The van der Waals surface area contributed by atoms with Crippen LogP contribution in [0, 0.1) is 0 Å². The van der Waals surface area contributed by atoms with Crippen molar-refractivity contribution in [3.8, 4) is 0 Å². The van der Waals surface area contributed by atoms with E-state index in [-0.39, 0.29) is 6.04 Å². The van der Waals surface area contributed by atoms with Crippen LogP contribution in [0.25, 0.3) is 11.0 Å². The summed E-state index contributed by atoms with van der Waals surface area (Å²) in [5, 5.41) is 1.12. The highest BCUT2D eigenvalue weighted by Crippen LogP contribution is 2.14. The number of fused-ring (bicyclic) bond motifs is 1. The average Bonchev–Trinajstić information content (AvgIpc) is 2.49. The molecule has 3 heteroatoms. The molecule has 3 N–H and O–H groups in total. The second-order valence-corrected chi connectivity index (χ2v) is 2.97. The fourth-order valence-electron chi connectivity index (χ4n) is 1.21. The summed E-state index contributed by atoms with van der Waals surface area (Å²) in [5.41, 5.74) is 7.71. The lowest BCUT2D eigenvalue weighted by molar-refractivity contribution is 0.814. The number of nitrogens with one attached hydrogen (secondary N) is 1. The molecule has 0 aliphatic rings. The number of H-pyrrole nitrogens is 1. The van der Waals surface area contributed by atoms with E-state index < -0.39 is 0 Å². The summed E-state index contributed by atoms with van der Waals surface area (Å²) in [5.74, 6) is 0. The lowest BCUT2D eigenvalue weighted by Gasteiger charge is -2.03. The van der Waals surface area contributed by atoms with Gasteiger partial charge >= 0.3 is 0 Å². The van der Waals surface area contributed by atoms with Crippen LogP contribution < -0.4 is 5.73 Å². The van der Waals surface area contributed by atoms with Crippen molar-refractivity contribution >= 4 is 11.0 Å². The summed E-state index contributed by atoms with van der Waals surface area (Å²) in [6.45, 7) is 1.95. The second-order valence-electron chi connectivity index (χ2n) is 2.97. The number of aromatic nitrogens is 2. The topological polar surface area (TPSA) is 54.7 Å². The Bertz CT molecular complexity index is 389. The van der Waals surface area contributed by atoms with Crippen LogP contribution in [0.1, 0.15) is 18.5 Å². The Kier molecular flexibility index (Phi) is 1.59. The number of pyridine rings is 1. The zero-order valence-corrected chi connectivity index (χ0v) is 6.91. The molecule has 0 fully saturated rings. The molecular formula is C9H11N3. The van der Waals surface area contributed by atoms with E-state index in [0.29, 0.717) is 0 Å². The van der Waals surface area contributed by atoms with Gasteiger partial charge in [0.15, 0.2) is 0 Å². The van der Waals surface area contributed by atoms with Gasteiger partial charge in [-0.05, 0) is 24.6 Å². The van der Waals surface area contributed by atoms with E-state index in [1.165, 1.54) is 0 Å². The van der Waals surface area contributed by atoms with Crippen LogP contribution >= 0.6 is 0 Å². The molecule has 0 saturated carbocycles. The summed E-state index contributed by atoms with van der Waals surface area (Å²) in [6.07, 6.45) is 3.69. The molecule has 0 aliphatic carbocycles. The number of rotatable bonds is 1. The standard InChI is InChI=1S/C9H11N3/c1-6(10)8-4-7-2-3-11-9(7)12-5-8/h2-6H,10H2,1H3,(H,11,12)/t6-/m0/s1. The van der Waals surface area contributed by atoms with Crippen LogP contribution in [0.3, 0.4) is 0 Å². The van der Waals surface area contributed by atoms with Crippen molar-refractivity contribution in [2.75, 3.05) is 0 Å². The van der Waals surface area contributed by atoms with E-state index in [2.05, 4.69) is 16.0 Å². The zero-order chi connectivity index (χ0) is 8.55. The molecule has 12 heavy (non-hydrogen) atoms. The molecule has 2 aromatic heterocycles. The average molecular weight is 161 g/mol. The number of hydrogen-bond acceptors (Lipinski definition) is 2. The van der Waals surface area contributed by atoms with Gasteiger partial charge in [0.2, 0.25) is 0 Å². The summed E-state index contributed by atoms with van der Waals surface area (Å²) in [4.78, 5) is 7.26. The maximum absolute atomic E-state index is 5.72. The van der Waals surface area contributed by atoms with Crippen molar-refractivity contribution in [3.05, 3.63) is 30.1 Å². The summed E-state index contributed by atoms with van der Waals surface area (Å²) in [7, 11) is 0. The van der Waals surface area contributed by atoms with Gasteiger partial charge in [-0.25, -0.2) is 4.98 Å². The molecule has 0 bridgehead atoms. The molecule has 0 radical (unpaired) electrons. The Balaban J connectivity index is 2.60. The number of aromatic amines is 1. The predicted molar refractivity (Wildman–Crippen MR) is 48.7 cm³/mol. The monoisotopic (exact) mass is 161 g/mol. The number of nitrogens with zero attached hydrogens (tertiary/aromatic N) is 1. The van der Waals surface area contributed by atoms with Gasteiger partial charge in [0.05, 0.1) is 0 Å². The van der Waals surface area contributed by atoms with E-state index in [1.807, 2.05) is 25.4 Å². The molecule has 2 rings (SSSR count). The molecule has 62 valence electrons. The fourth-order valence-corrected chi connectivity index (χ4v) is 1.21. The molecule has 0 unspecified atom stereocenters. The quantitative estimate of drug-likeness (QED) is 0.667. The first-order chi connectivity index (χ1) is 5.77. The van der Waals surface area contributed by atoms with Crippen LogP contribution in [0.5, 0.6) is 0 Å². The minimum atomic E-state index is 0.0526. The van der Waals surface area contributed by atoms with E-state index in [0.717, 1.165) is 16.6 Å². The summed E-state index contributed by atoms with van der Waals surface area (Å²) >= 11 is 0. The highest BCUT2D eigenvalue weighted by Gasteiger charge is 2.01. The summed E-state index contributed by atoms with van der Waals surface area (Å²) in [6, 6.07) is 4.11. The number of hydrogen-bond donors (Lipinski definition) is 2. The van der Waals surface area contributed by atoms with Crippen molar-refractivity contribution in [2.45, 2.75) is 13.0 Å². The first-order valence-electron chi connectivity index (χ1n) is 3.96. The van der Waals surface area contributed by atoms with Crippen LogP contribution in [-0.2, 0) is 0 Å².